The number of hydrogen-bond acceptors (Lipinski definition) is 7. The summed E-state index contributed by atoms with van der Waals surface area (Å²) in [7, 11) is 0. The standard InChI is InChI=1S/C25H17N3O6/c29-23(19-9-4-12-34-19)22-21-20(18-11-10-14-5-1-2-8-17(14)27(18)22)24(30)26(25(21)31)15-6-3-7-16(13-15)28(32)33/h1-13,18,20-22H/t18-,20-,21-,22+/m0/s1. The van der Waals surface area contributed by atoms with Crippen molar-refractivity contribution in [1.82, 2.24) is 0 Å². The van der Waals surface area contributed by atoms with E-state index in [9.17, 15) is 24.5 Å². The maximum Gasteiger partial charge on any atom is 0.271 e. The Kier molecular flexibility index (Phi) is 4.28. The summed E-state index contributed by atoms with van der Waals surface area (Å²) in [6.45, 7) is 0. The second-order valence-electron chi connectivity index (χ2n) is 8.44. The van der Waals surface area contributed by atoms with Crippen molar-refractivity contribution in [3.05, 3.63) is 94.4 Å². The monoisotopic (exact) mass is 455 g/mol. The summed E-state index contributed by atoms with van der Waals surface area (Å²) in [5.41, 5.74) is 1.53. The number of nitro benzene ring substituents is 1. The van der Waals surface area contributed by atoms with Gasteiger partial charge in [0.1, 0.15) is 6.04 Å². The van der Waals surface area contributed by atoms with Crippen LogP contribution in [0.1, 0.15) is 16.1 Å². The number of anilines is 2. The zero-order chi connectivity index (χ0) is 23.6. The van der Waals surface area contributed by atoms with Crippen LogP contribution in [-0.4, -0.2) is 34.6 Å². The molecule has 34 heavy (non-hydrogen) atoms. The normalized spacial score (nSPS) is 24.7. The van der Waals surface area contributed by atoms with Crippen molar-refractivity contribution in [3.63, 3.8) is 0 Å². The third-order valence-electron chi connectivity index (χ3n) is 6.75. The lowest BCUT2D eigenvalue weighted by atomic mass is 9.87. The number of hydrogen-bond donors (Lipinski definition) is 0. The van der Waals surface area contributed by atoms with Crippen molar-refractivity contribution in [2.24, 2.45) is 11.8 Å². The van der Waals surface area contributed by atoms with Gasteiger partial charge in [0.05, 0.1) is 34.8 Å². The fraction of sp³-hybridized carbons (Fsp3) is 0.160. The Morgan fingerprint density at radius 2 is 1.76 bits per heavy atom. The topological polar surface area (TPSA) is 114 Å². The van der Waals surface area contributed by atoms with Gasteiger partial charge in [-0.25, -0.2) is 4.90 Å². The molecule has 3 aromatic rings. The van der Waals surface area contributed by atoms with E-state index < -0.39 is 46.4 Å². The van der Waals surface area contributed by atoms with Crippen molar-refractivity contribution in [3.8, 4) is 0 Å². The molecular formula is C25H17N3O6. The lowest BCUT2D eigenvalue weighted by Crippen LogP contribution is -2.48. The van der Waals surface area contributed by atoms with Gasteiger partial charge in [-0.15, -0.1) is 0 Å². The van der Waals surface area contributed by atoms with E-state index in [0.717, 1.165) is 16.2 Å². The second kappa shape index (κ2) is 7.24. The Morgan fingerprint density at radius 3 is 2.53 bits per heavy atom. The van der Waals surface area contributed by atoms with Crippen LogP contribution < -0.4 is 9.80 Å². The zero-order valence-corrected chi connectivity index (χ0v) is 17.6. The zero-order valence-electron chi connectivity index (χ0n) is 17.6. The number of carbonyl (C=O) groups excluding carboxylic acids is 3. The van der Waals surface area contributed by atoms with Gasteiger partial charge in [0.25, 0.3) is 5.69 Å². The van der Waals surface area contributed by atoms with E-state index in [4.69, 9.17) is 4.42 Å². The maximum absolute atomic E-state index is 13.7. The first-order chi connectivity index (χ1) is 16.5. The number of imide groups is 1. The minimum atomic E-state index is -0.967. The molecule has 4 heterocycles. The number of amides is 2. The molecule has 1 aromatic heterocycles. The molecule has 0 radical (unpaired) electrons. The molecule has 2 aromatic carbocycles. The smallest absolute Gasteiger partial charge is 0.271 e. The van der Waals surface area contributed by atoms with Gasteiger partial charge in [-0.2, -0.15) is 0 Å². The van der Waals surface area contributed by atoms with E-state index in [-0.39, 0.29) is 17.1 Å². The molecule has 6 rings (SSSR count). The molecule has 3 aliphatic heterocycles. The molecule has 2 fully saturated rings. The molecule has 9 heteroatoms. The average Bonchev–Trinajstić information content (AvgIpc) is 3.55. The van der Waals surface area contributed by atoms with Crippen molar-refractivity contribution in [2.45, 2.75) is 12.1 Å². The molecule has 3 aliphatic rings. The molecule has 2 saturated heterocycles. The van der Waals surface area contributed by atoms with Crippen molar-refractivity contribution in [1.29, 1.82) is 0 Å². The highest BCUT2D eigenvalue weighted by molar-refractivity contribution is 6.25. The molecule has 0 N–H and O–H groups in total. The summed E-state index contributed by atoms with van der Waals surface area (Å²) in [6, 6.07) is 14.5. The van der Waals surface area contributed by atoms with Gasteiger partial charge in [-0.3, -0.25) is 24.5 Å². The highest BCUT2D eigenvalue weighted by Crippen LogP contribution is 2.49. The molecule has 0 bridgehead atoms. The maximum atomic E-state index is 13.7. The summed E-state index contributed by atoms with van der Waals surface area (Å²) in [5, 5.41) is 11.3. The summed E-state index contributed by atoms with van der Waals surface area (Å²) < 4.78 is 5.36. The van der Waals surface area contributed by atoms with Crippen LogP contribution in [0.15, 0.2) is 77.4 Å². The second-order valence-corrected chi connectivity index (χ2v) is 8.44. The van der Waals surface area contributed by atoms with E-state index in [1.165, 1.54) is 36.6 Å². The number of non-ortho nitro benzene ring substituents is 1. The van der Waals surface area contributed by atoms with Gasteiger partial charge in [0.2, 0.25) is 17.6 Å². The quantitative estimate of drug-likeness (QED) is 0.256. The Morgan fingerprint density at radius 1 is 0.971 bits per heavy atom. The van der Waals surface area contributed by atoms with Crippen LogP contribution in [0.2, 0.25) is 0 Å². The average molecular weight is 455 g/mol. The fourth-order valence-corrected chi connectivity index (χ4v) is 5.38. The Hall–Kier alpha value is -4.53. The van der Waals surface area contributed by atoms with E-state index in [0.29, 0.717) is 0 Å². The molecule has 168 valence electrons. The molecule has 9 nitrogen and oxygen atoms in total. The first-order valence-electron chi connectivity index (χ1n) is 10.7. The highest BCUT2D eigenvalue weighted by atomic mass is 16.6. The lowest BCUT2D eigenvalue weighted by Gasteiger charge is -2.36. The first-order valence-corrected chi connectivity index (χ1v) is 10.7. The van der Waals surface area contributed by atoms with E-state index in [1.807, 2.05) is 41.3 Å². The molecule has 0 saturated carbocycles. The van der Waals surface area contributed by atoms with Gasteiger partial charge < -0.3 is 9.32 Å². The number of carbonyl (C=O) groups is 3. The SMILES string of the molecule is O=C(c1ccco1)[C@H]1[C@H]2C(=O)N(c3cccc([N+](=O)[O-])c3)C(=O)[C@H]2[C@@H]2C=Cc3ccccc3N21. The molecule has 0 spiro atoms. The number of furan rings is 1. The van der Waals surface area contributed by atoms with E-state index in [1.54, 1.807) is 6.07 Å². The third kappa shape index (κ3) is 2.70. The molecule has 0 unspecified atom stereocenters. The van der Waals surface area contributed by atoms with E-state index >= 15 is 0 Å². The summed E-state index contributed by atoms with van der Waals surface area (Å²) in [4.78, 5) is 54.5. The van der Waals surface area contributed by atoms with Crippen LogP contribution in [0.3, 0.4) is 0 Å². The lowest BCUT2D eigenvalue weighted by molar-refractivity contribution is -0.384. The fourth-order valence-electron chi connectivity index (χ4n) is 5.38. The van der Waals surface area contributed by atoms with Crippen molar-refractivity contribution >= 4 is 40.7 Å². The number of nitro groups is 1. The van der Waals surface area contributed by atoms with Gasteiger partial charge in [-0.1, -0.05) is 36.4 Å². The number of para-hydroxylation sites is 1. The van der Waals surface area contributed by atoms with Gasteiger partial charge in [-0.05, 0) is 29.8 Å². The molecular weight excluding hydrogens is 438 g/mol. The van der Waals surface area contributed by atoms with Crippen LogP contribution in [0.25, 0.3) is 6.08 Å². The minimum absolute atomic E-state index is 0.102. The predicted molar refractivity (Wildman–Crippen MR) is 121 cm³/mol. The van der Waals surface area contributed by atoms with Crippen molar-refractivity contribution < 1.29 is 23.7 Å². The number of fused-ring (bicyclic) bond motifs is 5. The highest BCUT2D eigenvalue weighted by Gasteiger charge is 2.64. The first kappa shape index (κ1) is 20.1. The number of benzene rings is 2. The summed E-state index contributed by atoms with van der Waals surface area (Å²) >= 11 is 0. The van der Waals surface area contributed by atoms with Gasteiger partial charge in [0.15, 0.2) is 5.76 Å². The van der Waals surface area contributed by atoms with Crippen LogP contribution in [-0.2, 0) is 9.59 Å². The molecule has 2 amide bonds. The molecule has 0 aliphatic carbocycles. The largest absolute Gasteiger partial charge is 0.461 e. The Bertz CT molecular complexity index is 1400. The van der Waals surface area contributed by atoms with Crippen LogP contribution in [0.5, 0.6) is 0 Å². The Balaban J connectivity index is 1.49. The number of rotatable bonds is 4. The third-order valence-corrected chi connectivity index (χ3v) is 6.75. The van der Waals surface area contributed by atoms with Gasteiger partial charge >= 0.3 is 0 Å². The number of nitrogens with zero attached hydrogens (tertiary/aromatic N) is 3. The molecule has 4 atom stereocenters. The summed E-state index contributed by atoms with van der Waals surface area (Å²) in [5.74, 6) is -3.12. The number of ketones is 1. The predicted octanol–water partition coefficient (Wildman–Crippen LogP) is 3.46. The van der Waals surface area contributed by atoms with Crippen LogP contribution in [0, 0.1) is 22.0 Å². The minimum Gasteiger partial charge on any atom is -0.461 e. The van der Waals surface area contributed by atoms with Crippen molar-refractivity contribution in [2.75, 3.05) is 9.80 Å². The van der Waals surface area contributed by atoms with E-state index in [2.05, 4.69) is 0 Å². The van der Waals surface area contributed by atoms with Crippen LogP contribution in [0.4, 0.5) is 17.1 Å². The Labute approximate surface area is 193 Å². The number of Topliss-reactive ketones (excluding diaryl/α,β-unsaturated/α-hetero) is 1. The van der Waals surface area contributed by atoms with Crippen LogP contribution >= 0.6 is 0 Å². The summed E-state index contributed by atoms with van der Waals surface area (Å²) in [6.07, 6.45) is 5.12. The van der Waals surface area contributed by atoms with Gasteiger partial charge in [0, 0.05) is 17.8 Å².